The Kier molecular flexibility index (Phi) is 6.16. The summed E-state index contributed by atoms with van der Waals surface area (Å²) in [5.41, 5.74) is 1.31. The predicted octanol–water partition coefficient (Wildman–Crippen LogP) is 2.69. The second-order valence-corrected chi connectivity index (χ2v) is 4.92. The maximum absolute atomic E-state index is 5.20. The van der Waals surface area contributed by atoms with Gasteiger partial charge in [0.1, 0.15) is 5.75 Å². The number of hydrogen-bond acceptors (Lipinski definition) is 3. The van der Waals surface area contributed by atoms with Gasteiger partial charge < -0.3 is 15.0 Å². The van der Waals surface area contributed by atoms with Crippen LogP contribution in [0.3, 0.4) is 0 Å². The van der Waals surface area contributed by atoms with E-state index in [9.17, 15) is 0 Å². The zero-order valence-corrected chi connectivity index (χ0v) is 12.2. The number of rotatable bonds is 7. The molecule has 0 aliphatic carbocycles. The summed E-state index contributed by atoms with van der Waals surface area (Å²) in [4.78, 5) is 2.36. The van der Waals surface area contributed by atoms with E-state index in [0.29, 0.717) is 12.1 Å². The Balaban J connectivity index is 2.76. The molecule has 3 nitrogen and oxygen atoms in total. The van der Waals surface area contributed by atoms with Gasteiger partial charge in [0.05, 0.1) is 7.11 Å². The van der Waals surface area contributed by atoms with Crippen LogP contribution in [-0.4, -0.2) is 38.2 Å². The van der Waals surface area contributed by atoms with E-state index < -0.39 is 0 Å². The number of nitrogens with one attached hydrogen (secondary N) is 1. The molecule has 1 unspecified atom stereocenters. The van der Waals surface area contributed by atoms with E-state index in [2.05, 4.69) is 50.2 Å². The molecule has 0 heterocycles. The quantitative estimate of drug-likeness (QED) is 0.805. The highest BCUT2D eigenvalue weighted by Gasteiger charge is 2.14. The molecular weight excluding hydrogens is 224 g/mol. The first-order valence-corrected chi connectivity index (χ1v) is 6.66. The average Bonchev–Trinajstić information content (AvgIpc) is 2.38. The van der Waals surface area contributed by atoms with Crippen molar-refractivity contribution in [1.29, 1.82) is 0 Å². The normalized spacial score (nSPS) is 13.1. The fraction of sp³-hybridized carbons (Fsp3) is 0.600. The van der Waals surface area contributed by atoms with Gasteiger partial charge in [0.15, 0.2) is 0 Å². The summed E-state index contributed by atoms with van der Waals surface area (Å²) in [6.45, 7) is 8.57. The van der Waals surface area contributed by atoms with Crippen molar-refractivity contribution in [2.45, 2.75) is 32.9 Å². The van der Waals surface area contributed by atoms with E-state index in [1.165, 1.54) is 5.56 Å². The van der Waals surface area contributed by atoms with Gasteiger partial charge in [-0.3, -0.25) is 0 Å². The lowest BCUT2D eigenvalue weighted by molar-refractivity contribution is 0.243. The van der Waals surface area contributed by atoms with Crippen LogP contribution >= 0.6 is 0 Å². The summed E-state index contributed by atoms with van der Waals surface area (Å²) in [5, 5.41) is 3.54. The van der Waals surface area contributed by atoms with Crippen molar-refractivity contribution in [3.63, 3.8) is 0 Å². The zero-order chi connectivity index (χ0) is 13.5. The summed E-state index contributed by atoms with van der Waals surface area (Å²) in [5.74, 6) is 0.909. The summed E-state index contributed by atoms with van der Waals surface area (Å²) in [7, 11) is 3.86. The minimum atomic E-state index is 0.369. The molecule has 3 heteroatoms. The van der Waals surface area contributed by atoms with Crippen molar-refractivity contribution >= 4 is 0 Å². The lowest BCUT2D eigenvalue weighted by Crippen LogP contribution is -2.36. The minimum Gasteiger partial charge on any atom is -0.497 e. The van der Waals surface area contributed by atoms with Gasteiger partial charge in [0, 0.05) is 18.6 Å². The third kappa shape index (κ3) is 4.31. The molecule has 1 rings (SSSR count). The lowest BCUT2D eigenvalue weighted by atomic mass is 10.1. The van der Waals surface area contributed by atoms with Crippen molar-refractivity contribution in [2.75, 3.05) is 27.2 Å². The molecule has 0 aromatic heterocycles. The Morgan fingerprint density at radius 1 is 1.22 bits per heavy atom. The number of ether oxygens (including phenoxy) is 1. The topological polar surface area (TPSA) is 24.5 Å². The highest BCUT2D eigenvalue weighted by Crippen LogP contribution is 2.19. The van der Waals surface area contributed by atoms with Crippen LogP contribution in [0.4, 0.5) is 0 Å². The first-order chi connectivity index (χ1) is 8.58. The summed E-state index contributed by atoms with van der Waals surface area (Å²) < 4.78 is 5.20. The number of hydrogen-bond donors (Lipinski definition) is 1. The van der Waals surface area contributed by atoms with Gasteiger partial charge in [-0.2, -0.15) is 0 Å². The standard InChI is InChI=1S/C15H26N2O/c1-6-16-15(11-17(4)12(2)3)13-7-9-14(18-5)10-8-13/h7-10,12,15-16H,6,11H2,1-5H3. The molecule has 1 aromatic carbocycles. The van der Waals surface area contributed by atoms with Gasteiger partial charge in [-0.25, -0.2) is 0 Å². The van der Waals surface area contributed by atoms with Gasteiger partial charge in [-0.1, -0.05) is 19.1 Å². The summed E-state index contributed by atoms with van der Waals surface area (Å²) >= 11 is 0. The summed E-state index contributed by atoms with van der Waals surface area (Å²) in [6, 6.07) is 9.25. The van der Waals surface area contributed by atoms with E-state index in [-0.39, 0.29) is 0 Å². The Morgan fingerprint density at radius 2 is 1.83 bits per heavy atom. The molecule has 1 N–H and O–H groups in total. The van der Waals surface area contributed by atoms with Gasteiger partial charge in [0.25, 0.3) is 0 Å². The highest BCUT2D eigenvalue weighted by atomic mass is 16.5. The highest BCUT2D eigenvalue weighted by molar-refractivity contribution is 5.29. The zero-order valence-electron chi connectivity index (χ0n) is 12.2. The molecule has 0 saturated heterocycles. The fourth-order valence-corrected chi connectivity index (χ4v) is 1.87. The van der Waals surface area contributed by atoms with Gasteiger partial charge in [0.2, 0.25) is 0 Å². The molecule has 0 radical (unpaired) electrons. The second kappa shape index (κ2) is 7.39. The fourth-order valence-electron chi connectivity index (χ4n) is 1.87. The second-order valence-electron chi connectivity index (χ2n) is 4.92. The van der Waals surface area contributed by atoms with Crippen molar-refractivity contribution in [2.24, 2.45) is 0 Å². The minimum absolute atomic E-state index is 0.369. The monoisotopic (exact) mass is 250 g/mol. The van der Waals surface area contributed by atoms with E-state index >= 15 is 0 Å². The van der Waals surface area contributed by atoms with Crippen LogP contribution in [0.15, 0.2) is 24.3 Å². The number of likely N-dealkylation sites (N-methyl/N-ethyl adjacent to an activating group) is 2. The summed E-state index contributed by atoms with van der Waals surface area (Å²) in [6.07, 6.45) is 0. The number of benzene rings is 1. The van der Waals surface area contributed by atoms with Crippen LogP contribution in [0, 0.1) is 0 Å². The van der Waals surface area contributed by atoms with Crippen LogP contribution < -0.4 is 10.1 Å². The van der Waals surface area contributed by atoms with Gasteiger partial charge >= 0.3 is 0 Å². The molecular formula is C15H26N2O. The maximum atomic E-state index is 5.20. The Hall–Kier alpha value is -1.06. The molecule has 0 aliphatic rings. The van der Waals surface area contributed by atoms with Gasteiger partial charge in [-0.05, 0) is 45.1 Å². The average molecular weight is 250 g/mol. The largest absolute Gasteiger partial charge is 0.497 e. The molecule has 0 spiro atoms. The number of nitrogens with zero attached hydrogens (tertiary/aromatic N) is 1. The third-order valence-electron chi connectivity index (χ3n) is 3.32. The molecule has 0 bridgehead atoms. The Labute approximate surface area is 111 Å². The van der Waals surface area contributed by atoms with E-state index in [1.807, 2.05) is 12.1 Å². The Morgan fingerprint density at radius 3 is 2.28 bits per heavy atom. The van der Waals surface area contributed by atoms with Crippen LogP contribution in [0.2, 0.25) is 0 Å². The van der Waals surface area contributed by atoms with Gasteiger partial charge in [-0.15, -0.1) is 0 Å². The molecule has 0 fully saturated rings. The molecule has 0 amide bonds. The molecule has 0 saturated carbocycles. The first-order valence-electron chi connectivity index (χ1n) is 6.66. The van der Waals surface area contributed by atoms with Crippen LogP contribution in [0.25, 0.3) is 0 Å². The maximum Gasteiger partial charge on any atom is 0.118 e. The Bertz CT molecular complexity index is 335. The predicted molar refractivity (Wildman–Crippen MR) is 77.2 cm³/mol. The van der Waals surface area contributed by atoms with E-state index in [4.69, 9.17) is 4.74 Å². The van der Waals surface area contributed by atoms with Crippen molar-refractivity contribution in [3.05, 3.63) is 29.8 Å². The van der Waals surface area contributed by atoms with Crippen LogP contribution in [0.5, 0.6) is 5.75 Å². The van der Waals surface area contributed by atoms with Crippen molar-refractivity contribution in [3.8, 4) is 5.75 Å². The molecule has 1 aromatic rings. The van der Waals surface area contributed by atoms with E-state index in [0.717, 1.165) is 18.8 Å². The SMILES string of the molecule is CCNC(CN(C)C(C)C)c1ccc(OC)cc1. The smallest absolute Gasteiger partial charge is 0.118 e. The molecule has 0 aliphatic heterocycles. The third-order valence-corrected chi connectivity index (χ3v) is 3.32. The van der Waals surface area contributed by atoms with Crippen molar-refractivity contribution < 1.29 is 4.74 Å². The van der Waals surface area contributed by atoms with Crippen LogP contribution in [0.1, 0.15) is 32.4 Å². The first kappa shape index (κ1) is 15.0. The molecule has 18 heavy (non-hydrogen) atoms. The van der Waals surface area contributed by atoms with E-state index in [1.54, 1.807) is 7.11 Å². The number of methoxy groups -OCH3 is 1. The lowest BCUT2D eigenvalue weighted by Gasteiger charge is -2.28. The van der Waals surface area contributed by atoms with Crippen molar-refractivity contribution in [1.82, 2.24) is 10.2 Å². The molecule has 1 atom stereocenters. The molecule has 102 valence electrons. The van der Waals surface area contributed by atoms with Crippen LogP contribution in [-0.2, 0) is 0 Å².